The van der Waals surface area contributed by atoms with E-state index >= 15 is 0 Å². The van der Waals surface area contributed by atoms with Crippen molar-refractivity contribution in [1.29, 1.82) is 0 Å². The van der Waals surface area contributed by atoms with Crippen molar-refractivity contribution in [3.63, 3.8) is 0 Å². The minimum absolute atomic E-state index is 0.934. The van der Waals surface area contributed by atoms with E-state index in [-0.39, 0.29) is 0 Å². The Balaban J connectivity index is 1.65. The quantitative estimate of drug-likeness (QED) is 0.224. The van der Waals surface area contributed by atoms with E-state index in [1.807, 2.05) is 0 Å². The summed E-state index contributed by atoms with van der Waals surface area (Å²) < 4.78 is 0. The van der Waals surface area contributed by atoms with Gasteiger partial charge in [-0.1, -0.05) is 132 Å². The Labute approximate surface area is 216 Å². The van der Waals surface area contributed by atoms with Crippen LogP contribution in [0.15, 0.2) is 115 Å². The van der Waals surface area contributed by atoms with E-state index in [1.54, 1.807) is 0 Å². The third-order valence-electron chi connectivity index (χ3n) is 7.07. The molecular weight excluding hydrogens is 432 g/mol. The van der Waals surface area contributed by atoms with Crippen molar-refractivity contribution in [3.05, 3.63) is 165 Å². The fraction of sp³-hybridized carbons (Fsp3) is 0.167. The Bertz CT molecular complexity index is 1350. The van der Waals surface area contributed by atoms with Crippen LogP contribution in [0.1, 0.15) is 50.1 Å². The zero-order chi connectivity index (χ0) is 24.9. The lowest BCUT2D eigenvalue weighted by atomic mass is 9.85. The second-order valence-corrected chi connectivity index (χ2v) is 10.1. The highest BCUT2D eigenvalue weighted by Gasteiger charge is 2.15. The molecule has 0 unspecified atom stereocenters. The SMILES string of the molecule is Cc1ccc(Cc2cc(-c3ccccc3)cc(Cc3ccc(C)cc3)c2Cc2ccc(C)cc2)cc1. The van der Waals surface area contributed by atoms with Gasteiger partial charge in [-0.2, -0.15) is 0 Å². The molecule has 0 nitrogen and oxygen atoms in total. The van der Waals surface area contributed by atoms with Gasteiger partial charge in [0.1, 0.15) is 0 Å². The molecule has 5 rings (SSSR count). The van der Waals surface area contributed by atoms with Gasteiger partial charge in [0.05, 0.1) is 0 Å². The third kappa shape index (κ3) is 5.83. The summed E-state index contributed by atoms with van der Waals surface area (Å²) in [6.07, 6.45) is 2.81. The first-order valence-corrected chi connectivity index (χ1v) is 12.9. The van der Waals surface area contributed by atoms with Crippen molar-refractivity contribution in [2.45, 2.75) is 40.0 Å². The molecular formula is C36H34. The van der Waals surface area contributed by atoms with Crippen LogP contribution >= 0.6 is 0 Å². The molecule has 36 heavy (non-hydrogen) atoms. The van der Waals surface area contributed by atoms with Gasteiger partial charge in [-0.25, -0.2) is 0 Å². The van der Waals surface area contributed by atoms with Crippen molar-refractivity contribution < 1.29 is 0 Å². The van der Waals surface area contributed by atoms with Crippen LogP contribution in [0.3, 0.4) is 0 Å². The molecule has 0 N–H and O–H groups in total. The molecule has 0 saturated heterocycles. The number of hydrogen-bond acceptors (Lipinski definition) is 0. The minimum atomic E-state index is 0.934. The standard InChI is InChI=1S/C36H34/c1-26-9-15-29(16-10-26)21-34-24-33(32-7-5-4-6-8-32)25-35(22-30-17-11-27(2)12-18-30)36(34)23-31-19-13-28(3)14-20-31/h4-20,24-25H,21-23H2,1-3H3. The second kappa shape index (κ2) is 10.8. The first-order valence-electron chi connectivity index (χ1n) is 12.9. The van der Waals surface area contributed by atoms with Crippen LogP contribution in [0.25, 0.3) is 11.1 Å². The summed E-state index contributed by atoms with van der Waals surface area (Å²) in [6.45, 7) is 6.47. The van der Waals surface area contributed by atoms with E-state index in [9.17, 15) is 0 Å². The fourth-order valence-corrected chi connectivity index (χ4v) is 4.90. The summed E-state index contributed by atoms with van der Waals surface area (Å²) in [5.74, 6) is 0. The van der Waals surface area contributed by atoms with Crippen molar-refractivity contribution in [1.82, 2.24) is 0 Å². The van der Waals surface area contributed by atoms with E-state index in [0.717, 1.165) is 19.3 Å². The van der Waals surface area contributed by atoms with E-state index in [0.29, 0.717) is 0 Å². The summed E-state index contributed by atoms with van der Waals surface area (Å²) in [5, 5.41) is 0. The summed E-state index contributed by atoms with van der Waals surface area (Å²) in [4.78, 5) is 0. The molecule has 0 aliphatic heterocycles. The molecule has 0 aliphatic carbocycles. The van der Waals surface area contributed by atoms with Crippen LogP contribution in [-0.2, 0) is 19.3 Å². The molecule has 0 heteroatoms. The zero-order valence-corrected chi connectivity index (χ0v) is 21.6. The van der Waals surface area contributed by atoms with E-state index < -0.39 is 0 Å². The Hall–Kier alpha value is -3.90. The highest BCUT2D eigenvalue weighted by atomic mass is 14.2. The summed E-state index contributed by atoms with van der Waals surface area (Å²) >= 11 is 0. The number of aryl methyl sites for hydroxylation is 3. The highest BCUT2D eigenvalue weighted by Crippen LogP contribution is 2.31. The van der Waals surface area contributed by atoms with Gasteiger partial charge in [-0.3, -0.25) is 0 Å². The summed E-state index contributed by atoms with van der Waals surface area (Å²) in [6, 6.07) is 42.7. The van der Waals surface area contributed by atoms with Gasteiger partial charge in [0, 0.05) is 0 Å². The normalized spacial score (nSPS) is 11.0. The lowest BCUT2D eigenvalue weighted by Crippen LogP contribution is -2.05. The number of benzene rings is 5. The Kier molecular flexibility index (Phi) is 7.14. The molecule has 0 bridgehead atoms. The number of rotatable bonds is 7. The van der Waals surface area contributed by atoms with Gasteiger partial charge in [0.15, 0.2) is 0 Å². The van der Waals surface area contributed by atoms with Crippen LogP contribution in [0.5, 0.6) is 0 Å². The predicted molar refractivity (Wildman–Crippen MR) is 154 cm³/mol. The first kappa shape index (κ1) is 23.8. The monoisotopic (exact) mass is 466 g/mol. The highest BCUT2D eigenvalue weighted by molar-refractivity contribution is 5.67. The molecule has 0 amide bonds. The van der Waals surface area contributed by atoms with Gasteiger partial charge in [-0.05, 0) is 84.5 Å². The van der Waals surface area contributed by atoms with Crippen LogP contribution in [-0.4, -0.2) is 0 Å². The van der Waals surface area contributed by atoms with E-state index in [2.05, 4.69) is 136 Å². The summed E-state index contributed by atoms with van der Waals surface area (Å²) in [5.41, 5.74) is 14.9. The Morgan fingerprint density at radius 1 is 0.389 bits per heavy atom. The van der Waals surface area contributed by atoms with E-state index in [4.69, 9.17) is 0 Å². The van der Waals surface area contributed by atoms with Crippen molar-refractivity contribution in [3.8, 4) is 11.1 Å². The molecule has 178 valence electrons. The maximum Gasteiger partial charge on any atom is -0.00201 e. The number of hydrogen-bond donors (Lipinski definition) is 0. The first-order chi connectivity index (χ1) is 17.5. The van der Waals surface area contributed by atoms with Crippen LogP contribution in [0.2, 0.25) is 0 Å². The maximum atomic E-state index is 2.43. The molecule has 0 fully saturated rings. The van der Waals surface area contributed by atoms with Gasteiger partial charge in [0.25, 0.3) is 0 Å². The summed E-state index contributed by atoms with van der Waals surface area (Å²) in [7, 11) is 0. The molecule has 0 spiro atoms. The van der Waals surface area contributed by atoms with Crippen LogP contribution in [0, 0.1) is 20.8 Å². The van der Waals surface area contributed by atoms with Gasteiger partial charge in [-0.15, -0.1) is 0 Å². The molecule has 0 radical (unpaired) electrons. The fourth-order valence-electron chi connectivity index (χ4n) is 4.90. The smallest absolute Gasteiger partial charge is 0.00201 e. The average Bonchev–Trinajstić information content (AvgIpc) is 2.90. The van der Waals surface area contributed by atoms with Crippen LogP contribution < -0.4 is 0 Å². The molecule has 5 aromatic carbocycles. The van der Waals surface area contributed by atoms with Crippen molar-refractivity contribution in [2.75, 3.05) is 0 Å². The minimum Gasteiger partial charge on any atom is -0.0622 e. The molecule has 0 atom stereocenters. The lowest BCUT2D eigenvalue weighted by Gasteiger charge is -2.19. The topological polar surface area (TPSA) is 0 Å². The van der Waals surface area contributed by atoms with Crippen molar-refractivity contribution in [2.24, 2.45) is 0 Å². The Morgan fingerprint density at radius 2 is 0.778 bits per heavy atom. The molecule has 0 aromatic heterocycles. The Morgan fingerprint density at radius 3 is 1.19 bits per heavy atom. The van der Waals surface area contributed by atoms with E-state index in [1.165, 1.54) is 61.2 Å². The average molecular weight is 467 g/mol. The molecule has 0 saturated carbocycles. The maximum absolute atomic E-state index is 2.43. The van der Waals surface area contributed by atoms with Crippen LogP contribution in [0.4, 0.5) is 0 Å². The second-order valence-electron chi connectivity index (χ2n) is 10.1. The predicted octanol–water partition coefficient (Wildman–Crippen LogP) is 9.05. The largest absolute Gasteiger partial charge is 0.0622 e. The molecule has 0 heterocycles. The molecule has 5 aromatic rings. The van der Waals surface area contributed by atoms with Gasteiger partial charge < -0.3 is 0 Å². The molecule has 0 aliphatic rings. The van der Waals surface area contributed by atoms with Gasteiger partial charge in [0.2, 0.25) is 0 Å². The zero-order valence-electron chi connectivity index (χ0n) is 21.6. The third-order valence-corrected chi connectivity index (χ3v) is 7.07. The van der Waals surface area contributed by atoms with Crippen molar-refractivity contribution >= 4 is 0 Å². The van der Waals surface area contributed by atoms with Gasteiger partial charge >= 0.3 is 0 Å². The lowest BCUT2D eigenvalue weighted by molar-refractivity contribution is 1.03.